The summed E-state index contributed by atoms with van der Waals surface area (Å²) in [7, 11) is 0. The maximum Gasteiger partial charge on any atom is 0.0922 e. The van der Waals surface area contributed by atoms with Gasteiger partial charge < -0.3 is 0 Å². The van der Waals surface area contributed by atoms with Crippen molar-refractivity contribution in [3.63, 3.8) is 0 Å². The molecule has 0 amide bonds. The maximum atomic E-state index is 4.37. The molecule has 0 aliphatic heterocycles. The zero-order chi connectivity index (χ0) is 10.3. The number of fused-ring (bicyclic) bond motifs is 2. The lowest BCUT2D eigenvalue weighted by atomic mass is 10.0. The first-order chi connectivity index (χ1) is 7.36. The van der Waals surface area contributed by atoms with Crippen molar-refractivity contribution < 1.29 is 0 Å². The van der Waals surface area contributed by atoms with Gasteiger partial charge in [-0.3, -0.25) is 9.97 Å². The van der Waals surface area contributed by atoms with E-state index in [1.165, 1.54) is 16.3 Å². The average Bonchev–Trinajstić information content (AvgIpc) is 2.30. The lowest BCUT2D eigenvalue weighted by Gasteiger charge is -2.05. The minimum Gasteiger partial charge on any atom is -0.253 e. The fraction of sp³-hybridized carbons (Fsp3) is 0.0769. The SMILES string of the molecule is Cc1c2ccccc2cc2nccnc12. The van der Waals surface area contributed by atoms with Gasteiger partial charge in [-0.05, 0) is 29.3 Å². The molecule has 72 valence electrons. The minimum atomic E-state index is 0.966. The van der Waals surface area contributed by atoms with Crippen molar-refractivity contribution in [2.24, 2.45) is 0 Å². The molecule has 0 saturated heterocycles. The summed E-state index contributed by atoms with van der Waals surface area (Å²) in [5, 5.41) is 2.48. The van der Waals surface area contributed by atoms with E-state index in [-0.39, 0.29) is 0 Å². The molecule has 0 spiro atoms. The zero-order valence-electron chi connectivity index (χ0n) is 8.44. The number of nitrogens with zero attached hydrogens (tertiary/aromatic N) is 2. The molecule has 15 heavy (non-hydrogen) atoms. The second kappa shape index (κ2) is 3.02. The van der Waals surface area contributed by atoms with Crippen LogP contribution in [0, 0.1) is 6.92 Å². The smallest absolute Gasteiger partial charge is 0.0922 e. The van der Waals surface area contributed by atoms with Gasteiger partial charge in [-0.1, -0.05) is 24.3 Å². The molecule has 2 aromatic carbocycles. The van der Waals surface area contributed by atoms with Crippen molar-refractivity contribution in [2.75, 3.05) is 0 Å². The minimum absolute atomic E-state index is 0.966. The fourth-order valence-electron chi connectivity index (χ4n) is 1.98. The van der Waals surface area contributed by atoms with E-state index in [0.717, 1.165) is 11.0 Å². The van der Waals surface area contributed by atoms with Crippen LogP contribution in [0.2, 0.25) is 0 Å². The Morgan fingerprint density at radius 1 is 1.00 bits per heavy atom. The summed E-state index contributed by atoms with van der Waals surface area (Å²) in [6.07, 6.45) is 3.47. The Balaban J connectivity index is 2.60. The summed E-state index contributed by atoms with van der Waals surface area (Å²) in [6, 6.07) is 10.4. The lowest BCUT2D eigenvalue weighted by Crippen LogP contribution is -1.87. The highest BCUT2D eigenvalue weighted by molar-refractivity contribution is 5.98. The van der Waals surface area contributed by atoms with Crippen molar-refractivity contribution >= 4 is 21.8 Å². The Kier molecular flexibility index (Phi) is 1.68. The molecular weight excluding hydrogens is 184 g/mol. The van der Waals surface area contributed by atoms with Gasteiger partial charge >= 0.3 is 0 Å². The average molecular weight is 194 g/mol. The Hall–Kier alpha value is -1.96. The third-order valence-electron chi connectivity index (χ3n) is 2.74. The molecule has 0 atom stereocenters. The van der Waals surface area contributed by atoms with Crippen LogP contribution in [0.3, 0.4) is 0 Å². The molecule has 1 heterocycles. The Labute approximate surface area is 87.6 Å². The highest BCUT2D eigenvalue weighted by Gasteiger charge is 2.03. The van der Waals surface area contributed by atoms with E-state index in [1.54, 1.807) is 12.4 Å². The highest BCUT2D eigenvalue weighted by atomic mass is 14.8. The molecule has 0 aliphatic carbocycles. The quantitative estimate of drug-likeness (QED) is 0.514. The topological polar surface area (TPSA) is 25.8 Å². The number of benzene rings is 2. The van der Waals surface area contributed by atoms with Gasteiger partial charge in [0.25, 0.3) is 0 Å². The van der Waals surface area contributed by atoms with Crippen LogP contribution >= 0.6 is 0 Å². The highest BCUT2D eigenvalue weighted by Crippen LogP contribution is 2.24. The van der Waals surface area contributed by atoms with Crippen LogP contribution in [0.25, 0.3) is 21.8 Å². The number of rotatable bonds is 0. The van der Waals surface area contributed by atoms with E-state index < -0.39 is 0 Å². The molecule has 2 nitrogen and oxygen atoms in total. The molecule has 3 aromatic rings. The first-order valence-corrected chi connectivity index (χ1v) is 4.95. The van der Waals surface area contributed by atoms with Gasteiger partial charge in [0.05, 0.1) is 11.0 Å². The van der Waals surface area contributed by atoms with Crippen LogP contribution in [-0.4, -0.2) is 9.97 Å². The second-order valence-electron chi connectivity index (χ2n) is 3.65. The number of aromatic nitrogens is 2. The van der Waals surface area contributed by atoms with Gasteiger partial charge in [0, 0.05) is 12.4 Å². The first kappa shape index (κ1) is 8.36. The van der Waals surface area contributed by atoms with E-state index in [9.17, 15) is 0 Å². The van der Waals surface area contributed by atoms with Crippen molar-refractivity contribution in [3.8, 4) is 0 Å². The van der Waals surface area contributed by atoms with Gasteiger partial charge in [0.1, 0.15) is 0 Å². The third-order valence-corrected chi connectivity index (χ3v) is 2.74. The van der Waals surface area contributed by atoms with Gasteiger partial charge in [-0.15, -0.1) is 0 Å². The van der Waals surface area contributed by atoms with Crippen molar-refractivity contribution in [1.29, 1.82) is 0 Å². The van der Waals surface area contributed by atoms with Crippen molar-refractivity contribution in [3.05, 3.63) is 48.3 Å². The Morgan fingerprint density at radius 3 is 2.73 bits per heavy atom. The maximum absolute atomic E-state index is 4.37. The van der Waals surface area contributed by atoms with Gasteiger partial charge in [0.15, 0.2) is 0 Å². The molecule has 3 rings (SSSR count). The molecular formula is C13H10N2. The monoisotopic (exact) mass is 194 g/mol. The van der Waals surface area contributed by atoms with Crippen LogP contribution in [0.4, 0.5) is 0 Å². The molecule has 0 fully saturated rings. The summed E-state index contributed by atoms with van der Waals surface area (Å²) in [5.41, 5.74) is 3.17. The molecule has 0 aliphatic rings. The van der Waals surface area contributed by atoms with Crippen LogP contribution in [0.1, 0.15) is 5.56 Å². The third kappa shape index (κ3) is 1.18. The zero-order valence-corrected chi connectivity index (χ0v) is 8.44. The van der Waals surface area contributed by atoms with Crippen LogP contribution in [0.5, 0.6) is 0 Å². The second-order valence-corrected chi connectivity index (χ2v) is 3.65. The number of aryl methyl sites for hydroxylation is 1. The largest absolute Gasteiger partial charge is 0.253 e. The molecule has 1 aromatic heterocycles. The van der Waals surface area contributed by atoms with E-state index in [1.807, 2.05) is 6.07 Å². The Morgan fingerprint density at radius 2 is 1.80 bits per heavy atom. The molecule has 0 N–H and O–H groups in total. The van der Waals surface area contributed by atoms with Crippen LogP contribution < -0.4 is 0 Å². The lowest BCUT2D eigenvalue weighted by molar-refractivity contribution is 1.28. The fourth-order valence-corrected chi connectivity index (χ4v) is 1.98. The Bertz CT molecular complexity index is 590. The van der Waals surface area contributed by atoms with E-state index >= 15 is 0 Å². The van der Waals surface area contributed by atoms with Gasteiger partial charge in [-0.2, -0.15) is 0 Å². The van der Waals surface area contributed by atoms with Gasteiger partial charge in [0.2, 0.25) is 0 Å². The first-order valence-electron chi connectivity index (χ1n) is 4.95. The van der Waals surface area contributed by atoms with Crippen molar-refractivity contribution in [1.82, 2.24) is 9.97 Å². The molecule has 0 bridgehead atoms. The summed E-state index contributed by atoms with van der Waals surface area (Å²) in [5.74, 6) is 0. The number of hydrogen-bond donors (Lipinski definition) is 0. The predicted molar refractivity (Wildman–Crippen MR) is 61.8 cm³/mol. The summed E-state index contributed by atoms with van der Waals surface area (Å²) < 4.78 is 0. The summed E-state index contributed by atoms with van der Waals surface area (Å²) in [6.45, 7) is 2.10. The standard InChI is InChI=1S/C13H10N2/c1-9-11-5-3-2-4-10(11)8-12-13(9)15-7-6-14-12/h2-8H,1H3. The van der Waals surface area contributed by atoms with Crippen LogP contribution in [-0.2, 0) is 0 Å². The predicted octanol–water partition coefficient (Wildman–Crippen LogP) is 3.09. The molecule has 2 heteroatoms. The van der Waals surface area contributed by atoms with Crippen LogP contribution in [0.15, 0.2) is 42.7 Å². The summed E-state index contributed by atoms with van der Waals surface area (Å²) >= 11 is 0. The number of hydrogen-bond acceptors (Lipinski definition) is 2. The molecule has 0 saturated carbocycles. The normalized spacial score (nSPS) is 11.0. The van der Waals surface area contributed by atoms with E-state index in [4.69, 9.17) is 0 Å². The molecule has 0 radical (unpaired) electrons. The van der Waals surface area contributed by atoms with Gasteiger partial charge in [-0.25, -0.2) is 0 Å². The molecule has 0 unspecified atom stereocenters. The van der Waals surface area contributed by atoms with Crippen molar-refractivity contribution in [2.45, 2.75) is 6.92 Å². The van der Waals surface area contributed by atoms with E-state index in [2.05, 4.69) is 41.2 Å². The summed E-state index contributed by atoms with van der Waals surface area (Å²) in [4.78, 5) is 8.70. The van der Waals surface area contributed by atoms with E-state index in [0.29, 0.717) is 0 Å².